The van der Waals surface area contributed by atoms with Crippen LogP contribution < -0.4 is 0 Å². The number of furan rings is 1. The lowest BCUT2D eigenvalue weighted by molar-refractivity contribution is -0.132. The summed E-state index contributed by atoms with van der Waals surface area (Å²) >= 11 is 0. The van der Waals surface area contributed by atoms with Crippen LogP contribution in [0.2, 0.25) is 0 Å². The number of halogens is 1. The number of hydrogen-bond donors (Lipinski definition) is 0. The van der Waals surface area contributed by atoms with Crippen LogP contribution in [0.15, 0.2) is 71.1 Å². The van der Waals surface area contributed by atoms with Crippen molar-refractivity contribution in [1.82, 2.24) is 9.80 Å². The van der Waals surface area contributed by atoms with E-state index < -0.39 is 11.7 Å². The highest BCUT2D eigenvalue weighted by Crippen LogP contribution is 2.14. The van der Waals surface area contributed by atoms with E-state index in [0.717, 1.165) is 11.3 Å². The smallest absolute Gasteiger partial charge is 0.257 e. The molecule has 34 heavy (non-hydrogen) atoms. The quantitative estimate of drug-likeness (QED) is 0.369. The van der Waals surface area contributed by atoms with Gasteiger partial charge in [0.1, 0.15) is 23.9 Å². The minimum atomic E-state index is -0.608. The maximum atomic E-state index is 14.3. The van der Waals surface area contributed by atoms with E-state index in [1.165, 1.54) is 23.1 Å². The number of benzene rings is 2. The van der Waals surface area contributed by atoms with Crippen molar-refractivity contribution in [3.8, 4) is 0 Å². The molecule has 0 bridgehead atoms. The van der Waals surface area contributed by atoms with Gasteiger partial charge in [-0.15, -0.1) is 0 Å². The molecule has 1 heterocycles. The van der Waals surface area contributed by atoms with Gasteiger partial charge < -0.3 is 19.0 Å². The molecule has 3 aromatic rings. The van der Waals surface area contributed by atoms with Gasteiger partial charge >= 0.3 is 0 Å². The summed E-state index contributed by atoms with van der Waals surface area (Å²) in [5.41, 5.74) is 1.06. The Hall–Kier alpha value is -3.45. The second-order valence-corrected chi connectivity index (χ2v) is 8.12. The maximum Gasteiger partial charge on any atom is 0.257 e. The van der Waals surface area contributed by atoms with E-state index in [1.807, 2.05) is 49.4 Å². The van der Waals surface area contributed by atoms with E-state index in [4.69, 9.17) is 9.15 Å². The second kappa shape index (κ2) is 12.7. The largest absolute Gasteiger partial charge is 0.464 e. The molecule has 0 aliphatic heterocycles. The number of carbonyl (C=O) groups is 2. The molecule has 0 fully saturated rings. The summed E-state index contributed by atoms with van der Waals surface area (Å²) in [7, 11) is 1.57. The SMILES string of the molecule is COCCCN(CC(=O)N(CCc1ccccc1)Cc1ccc(C)o1)C(=O)c1ccccc1F. The van der Waals surface area contributed by atoms with E-state index >= 15 is 0 Å². The third-order valence-corrected chi connectivity index (χ3v) is 5.50. The van der Waals surface area contributed by atoms with Crippen LogP contribution in [0.4, 0.5) is 4.39 Å². The predicted molar refractivity (Wildman–Crippen MR) is 128 cm³/mol. The van der Waals surface area contributed by atoms with Gasteiger partial charge in [-0.2, -0.15) is 0 Å². The van der Waals surface area contributed by atoms with Crippen molar-refractivity contribution in [1.29, 1.82) is 0 Å². The van der Waals surface area contributed by atoms with E-state index in [9.17, 15) is 14.0 Å². The highest BCUT2D eigenvalue weighted by molar-refractivity contribution is 5.96. The Bertz CT molecular complexity index is 1070. The molecule has 0 aliphatic rings. The van der Waals surface area contributed by atoms with Crippen molar-refractivity contribution < 1.29 is 23.1 Å². The van der Waals surface area contributed by atoms with Crippen molar-refractivity contribution in [3.63, 3.8) is 0 Å². The van der Waals surface area contributed by atoms with Gasteiger partial charge in [0.2, 0.25) is 5.91 Å². The first-order valence-corrected chi connectivity index (χ1v) is 11.4. The van der Waals surface area contributed by atoms with Crippen molar-refractivity contribution in [2.24, 2.45) is 0 Å². The standard InChI is InChI=1S/C27H31FN2O4/c1-21-13-14-23(34-21)19-29(17-15-22-9-4-3-5-10-22)26(31)20-30(16-8-18-33-2)27(32)24-11-6-7-12-25(24)28/h3-7,9-14H,8,15-20H2,1-2H3. The molecule has 3 rings (SSSR count). The van der Waals surface area contributed by atoms with Crippen molar-refractivity contribution in [3.05, 3.63) is 95.2 Å². The molecule has 0 radical (unpaired) electrons. The van der Waals surface area contributed by atoms with Crippen LogP contribution in [-0.2, 0) is 22.5 Å². The van der Waals surface area contributed by atoms with E-state index in [2.05, 4.69) is 0 Å². The average Bonchev–Trinajstić information content (AvgIpc) is 3.26. The molecule has 0 spiro atoms. The lowest BCUT2D eigenvalue weighted by Gasteiger charge is -2.27. The summed E-state index contributed by atoms with van der Waals surface area (Å²) in [5, 5.41) is 0. The van der Waals surface area contributed by atoms with Crippen LogP contribution in [0.1, 0.15) is 33.9 Å². The molecule has 0 N–H and O–H groups in total. The lowest BCUT2D eigenvalue weighted by atomic mass is 10.1. The zero-order valence-electron chi connectivity index (χ0n) is 19.7. The summed E-state index contributed by atoms with van der Waals surface area (Å²) in [6.45, 7) is 3.15. The summed E-state index contributed by atoms with van der Waals surface area (Å²) in [5.74, 6) is 0.0850. The zero-order chi connectivity index (χ0) is 24.3. The first-order valence-electron chi connectivity index (χ1n) is 11.4. The molecule has 6 nitrogen and oxygen atoms in total. The molecule has 0 aliphatic carbocycles. The van der Waals surface area contributed by atoms with E-state index in [1.54, 1.807) is 18.1 Å². The summed E-state index contributed by atoms with van der Waals surface area (Å²) < 4.78 is 25.1. The van der Waals surface area contributed by atoms with Gasteiger partial charge in [0.05, 0.1) is 12.1 Å². The topological polar surface area (TPSA) is 63.0 Å². The molecule has 0 saturated heterocycles. The first-order chi connectivity index (χ1) is 16.5. The van der Waals surface area contributed by atoms with Crippen molar-refractivity contribution in [2.45, 2.75) is 26.3 Å². The Morgan fingerprint density at radius 2 is 1.68 bits per heavy atom. The molecule has 0 unspecified atom stereocenters. The van der Waals surface area contributed by atoms with E-state index in [-0.39, 0.29) is 24.6 Å². The predicted octanol–water partition coefficient (Wildman–Crippen LogP) is 4.48. The molecule has 0 saturated carbocycles. The fourth-order valence-corrected chi connectivity index (χ4v) is 3.68. The Balaban J connectivity index is 1.77. The van der Waals surface area contributed by atoms with Crippen LogP contribution in [0.5, 0.6) is 0 Å². The van der Waals surface area contributed by atoms with Crippen LogP contribution in [0.3, 0.4) is 0 Å². The zero-order valence-corrected chi connectivity index (χ0v) is 19.7. The maximum absolute atomic E-state index is 14.3. The fraction of sp³-hybridized carbons (Fsp3) is 0.333. The van der Waals surface area contributed by atoms with Crippen molar-refractivity contribution in [2.75, 3.05) is 33.4 Å². The van der Waals surface area contributed by atoms with Gasteiger partial charge in [-0.25, -0.2) is 4.39 Å². The fourth-order valence-electron chi connectivity index (χ4n) is 3.68. The van der Waals surface area contributed by atoms with Crippen molar-refractivity contribution >= 4 is 11.8 Å². The van der Waals surface area contributed by atoms with Gasteiger partial charge in [-0.3, -0.25) is 9.59 Å². The lowest BCUT2D eigenvalue weighted by Crippen LogP contribution is -2.44. The number of methoxy groups -OCH3 is 1. The molecular formula is C27H31FN2O4. The molecular weight excluding hydrogens is 435 g/mol. The number of rotatable bonds is 12. The molecule has 7 heteroatoms. The Morgan fingerprint density at radius 1 is 0.941 bits per heavy atom. The minimum Gasteiger partial charge on any atom is -0.464 e. The van der Waals surface area contributed by atoms with Crippen LogP contribution >= 0.6 is 0 Å². The van der Waals surface area contributed by atoms with E-state index in [0.29, 0.717) is 38.3 Å². The number of amides is 2. The first kappa shape index (κ1) is 25.2. The normalized spacial score (nSPS) is 10.8. The summed E-state index contributed by atoms with van der Waals surface area (Å²) in [4.78, 5) is 29.6. The molecule has 2 amide bonds. The number of aryl methyl sites for hydroxylation is 1. The molecule has 0 atom stereocenters. The van der Waals surface area contributed by atoms with Gasteiger partial charge in [0, 0.05) is 26.8 Å². The molecule has 2 aromatic carbocycles. The minimum absolute atomic E-state index is 0.0507. The Morgan fingerprint density at radius 3 is 2.35 bits per heavy atom. The molecule has 1 aromatic heterocycles. The Kier molecular flexibility index (Phi) is 9.40. The number of hydrogen-bond acceptors (Lipinski definition) is 4. The number of carbonyl (C=O) groups excluding carboxylic acids is 2. The van der Waals surface area contributed by atoms with Crippen LogP contribution in [-0.4, -0.2) is 55.0 Å². The molecule has 180 valence electrons. The average molecular weight is 467 g/mol. The third-order valence-electron chi connectivity index (χ3n) is 5.50. The Labute approximate surface area is 199 Å². The van der Waals surface area contributed by atoms with Gasteiger partial charge in [0.25, 0.3) is 5.91 Å². The highest BCUT2D eigenvalue weighted by Gasteiger charge is 2.24. The summed E-state index contributed by atoms with van der Waals surface area (Å²) in [6.07, 6.45) is 1.20. The monoisotopic (exact) mass is 466 g/mol. The number of ether oxygens (including phenoxy) is 1. The van der Waals surface area contributed by atoms with Crippen LogP contribution in [0.25, 0.3) is 0 Å². The second-order valence-electron chi connectivity index (χ2n) is 8.12. The van der Waals surface area contributed by atoms with Crippen LogP contribution in [0, 0.1) is 12.7 Å². The summed E-state index contributed by atoms with van der Waals surface area (Å²) in [6, 6.07) is 19.4. The number of nitrogens with zero attached hydrogens (tertiary/aromatic N) is 2. The van der Waals surface area contributed by atoms with Gasteiger partial charge in [-0.05, 0) is 49.6 Å². The van der Waals surface area contributed by atoms with Gasteiger partial charge in [-0.1, -0.05) is 42.5 Å². The highest BCUT2D eigenvalue weighted by atomic mass is 19.1. The van der Waals surface area contributed by atoms with Gasteiger partial charge in [0.15, 0.2) is 0 Å². The third kappa shape index (κ3) is 7.28.